The molecule has 0 radical (unpaired) electrons. The lowest BCUT2D eigenvalue weighted by Crippen LogP contribution is -2.16. The minimum atomic E-state index is -0.400. The molecule has 3 nitrogen and oxygen atoms in total. The summed E-state index contributed by atoms with van der Waals surface area (Å²) in [5.74, 6) is 1.03. The van der Waals surface area contributed by atoms with Crippen LogP contribution in [-0.4, -0.2) is 20.3 Å². The van der Waals surface area contributed by atoms with Crippen LogP contribution in [0.1, 0.15) is 26.3 Å². The van der Waals surface area contributed by atoms with Crippen LogP contribution in [-0.2, 0) is 0 Å². The van der Waals surface area contributed by atoms with Crippen LogP contribution in [0.2, 0.25) is 0 Å². The van der Waals surface area contributed by atoms with Gasteiger partial charge in [0.15, 0.2) is 11.5 Å². The second kappa shape index (κ2) is 9.99. The molecule has 3 rings (SSSR count). The van der Waals surface area contributed by atoms with E-state index in [0.29, 0.717) is 30.3 Å². The lowest BCUT2D eigenvalue weighted by molar-refractivity contribution is 0.171. The van der Waals surface area contributed by atoms with Crippen LogP contribution in [0.5, 0.6) is 11.5 Å². The van der Waals surface area contributed by atoms with Gasteiger partial charge in [-0.15, -0.1) is 0 Å². The first kappa shape index (κ1) is 20.9. The van der Waals surface area contributed by atoms with Gasteiger partial charge in [0.05, 0.1) is 0 Å². The molecule has 2 N–H and O–H groups in total. The van der Waals surface area contributed by atoms with E-state index in [1.54, 1.807) is 13.0 Å². The SMILES string of the molecule is CC(C)C.CN.Cc1cc(F)ccc1-c1cc(F)cc2c1OCCO2. The van der Waals surface area contributed by atoms with Gasteiger partial charge < -0.3 is 15.2 Å². The van der Waals surface area contributed by atoms with E-state index in [1.165, 1.54) is 31.3 Å². The van der Waals surface area contributed by atoms with Gasteiger partial charge in [0.2, 0.25) is 0 Å². The third kappa shape index (κ3) is 6.02. The van der Waals surface area contributed by atoms with Crippen molar-refractivity contribution in [3.05, 3.63) is 47.5 Å². The highest BCUT2D eigenvalue weighted by molar-refractivity contribution is 5.76. The van der Waals surface area contributed by atoms with Crippen molar-refractivity contribution >= 4 is 0 Å². The summed E-state index contributed by atoms with van der Waals surface area (Å²) < 4.78 is 37.7. The molecule has 138 valence electrons. The first-order valence-corrected chi connectivity index (χ1v) is 8.32. The Morgan fingerprint density at radius 2 is 1.48 bits per heavy atom. The fourth-order valence-corrected chi connectivity index (χ4v) is 2.25. The molecule has 0 spiro atoms. The van der Waals surface area contributed by atoms with Crippen LogP contribution in [0.15, 0.2) is 30.3 Å². The number of nitrogens with two attached hydrogens (primary N) is 1. The first-order chi connectivity index (χ1) is 11.9. The summed E-state index contributed by atoms with van der Waals surface area (Å²) >= 11 is 0. The molecule has 0 aromatic heterocycles. The van der Waals surface area contributed by atoms with Crippen LogP contribution in [0.25, 0.3) is 11.1 Å². The fourth-order valence-electron chi connectivity index (χ4n) is 2.25. The van der Waals surface area contributed by atoms with Gasteiger partial charge in [0, 0.05) is 11.6 Å². The van der Waals surface area contributed by atoms with Gasteiger partial charge in [-0.25, -0.2) is 8.78 Å². The van der Waals surface area contributed by atoms with Crippen LogP contribution in [0.4, 0.5) is 8.78 Å². The number of halogens is 2. The van der Waals surface area contributed by atoms with Crippen molar-refractivity contribution in [2.24, 2.45) is 11.7 Å². The van der Waals surface area contributed by atoms with Gasteiger partial charge in [0.25, 0.3) is 0 Å². The summed E-state index contributed by atoms with van der Waals surface area (Å²) in [6.45, 7) is 9.10. The topological polar surface area (TPSA) is 44.5 Å². The predicted octanol–water partition coefficient (Wildman–Crippen LogP) is 4.95. The molecule has 0 fully saturated rings. The quantitative estimate of drug-likeness (QED) is 0.791. The van der Waals surface area contributed by atoms with Crippen molar-refractivity contribution in [3.8, 4) is 22.6 Å². The third-order valence-electron chi connectivity index (χ3n) is 3.09. The minimum absolute atomic E-state index is 0.316. The van der Waals surface area contributed by atoms with E-state index in [-0.39, 0.29) is 5.82 Å². The number of aryl methyl sites for hydroxylation is 1. The maximum Gasteiger partial charge on any atom is 0.169 e. The molecule has 2 aromatic carbocycles. The summed E-state index contributed by atoms with van der Waals surface area (Å²) in [4.78, 5) is 0. The van der Waals surface area contributed by atoms with E-state index in [0.717, 1.165) is 17.0 Å². The lowest BCUT2D eigenvalue weighted by atomic mass is 9.99. The zero-order valence-electron chi connectivity index (χ0n) is 15.5. The lowest BCUT2D eigenvalue weighted by Gasteiger charge is -2.22. The normalized spacial score (nSPS) is 11.9. The largest absolute Gasteiger partial charge is 0.486 e. The van der Waals surface area contributed by atoms with Gasteiger partial charge in [-0.1, -0.05) is 26.8 Å². The maximum absolute atomic E-state index is 13.6. The highest BCUT2D eigenvalue weighted by atomic mass is 19.1. The molecule has 1 aliphatic rings. The number of hydrogen-bond donors (Lipinski definition) is 1. The Morgan fingerprint density at radius 1 is 0.880 bits per heavy atom. The molecule has 0 aliphatic carbocycles. The number of benzene rings is 2. The van der Waals surface area contributed by atoms with Gasteiger partial charge >= 0.3 is 0 Å². The number of rotatable bonds is 1. The van der Waals surface area contributed by atoms with E-state index in [9.17, 15) is 8.78 Å². The molecular weight excluding hydrogens is 324 g/mol. The predicted molar refractivity (Wildman–Crippen MR) is 98.1 cm³/mol. The molecular formula is C20H27F2NO2. The van der Waals surface area contributed by atoms with Gasteiger partial charge in [-0.05, 0) is 49.2 Å². The van der Waals surface area contributed by atoms with E-state index in [4.69, 9.17) is 9.47 Å². The van der Waals surface area contributed by atoms with Crippen molar-refractivity contribution in [1.82, 2.24) is 0 Å². The summed E-state index contributed by atoms with van der Waals surface area (Å²) in [5, 5.41) is 0. The van der Waals surface area contributed by atoms with E-state index >= 15 is 0 Å². The Labute approximate surface area is 148 Å². The van der Waals surface area contributed by atoms with Crippen LogP contribution in [0.3, 0.4) is 0 Å². The average molecular weight is 351 g/mol. The fraction of sp³-hybridized carbons (Fsp3) is 0.400. The first-order valence-electron chi connectivity index (χ1n) is 8.32. The minimum Gasteiger partial charge on any atom is -0.486 e. The smallest absolute Gasteiger partial charge is 0.169 e. The Balaban J connectivity index is 0.000000461. The van der Waals surface area contributed by atoms with Crippen molar-refractivity contribution in [3.63, 3.8) is 0 Å². The molecule has 2 aromatic rings. The molecule has 0 saturated heterocycles. The molecule has 5 heteroatoms. The molecule has 0 bridgehead atoms. The molecule has 1 aliphatic heterocycles. The van der Waals surface area contributed by atoms with Crippen LogP contribution in [0, 0.1) is 24.5 Å². The summed E-state index contributed by atoms with van der Waals surface area (Å²) in [5.41, 5.74) is 6.55. The average Bonchev–Trinajstić information content (AvgIpc) is 2.55. The van der Waals surface area contributed by atoms with E-state index in [2.05, 4.69) is 26.5 Å². The molecule has 0 amide bonds. The molecule has 0 atom stereocenters. The number of fused-ring (bicyclic) bond motifs is 1. The molecule has 0 saturated carbocycles. The van der Waals surface area contributed by atoms with Gasteiger partial charge in [-0.3, -0.25) is 0 Å². The third-order valence-corrected chi connectivity index (χ3v) is 3.09. The van der Waals surface area contributed by atoms with Crippen molar-refractivity contribution < 1.29 is 18.3 Å². The highest BCUT2D eigenvalue weighted by Gasteiger charge is 2.20. The monoisotopic (exact) mass is 351 g/mol. The number of ether oxygens (including phenoxy) is 2. The molecule has 25 heavy (non-hydrogen) atoms. The summed E-state index contributed by atoms with van der Waals surface area (Å²) in [7, 11) is 1.50. The Kier molecular flexibility index (Phi) is 8.35. The summed E-state index contributed by atoms with van der Waals surface area (Å²) in [6.07, 6.45) is 0. The van der Waals surface area contributed by atoms with Crippen molar-refractivity contribution in [2.75, 3.05) is 20.3 Å². The standard InChI is InChI=1S/C15H12F2O2.C4H10.CH5N/c1-9-6-10(16)2-3-12(9)13-7-11(17)8-14-15(13)19-5-4-18-14;1-4(2)3;1-2/h2-3,6-8H,4-5H2,1H3;4H,1-3H3;2H2,1H3. The summed E-state index contributed by atoms with van der Waals surface area (Å²) in [6, 6.07) is 7.07. The Bertz CT molecular complexity index is 685. The Hall–Kier alpha value is -2.14. The van der Waals surface area contributed by atoms with Crippen molar-refractivity contribution in [2.45, 2.75) is 27.7 Å². The maximum atomic E-state index is 13.6. The molecule has 0 unspecified atom stereocenters. The zero-order chi connectivity index (χ0) is 19.0. The second-order valence-electron chi connectivity index (χ2n) is 6.17. The Morgan fingerprint density at radius 3 is 2.08 bits per heavy atom. The van der Waals surface area contributed by atoms with Crippen molar-refractivity contribution in [1.29, 1.82) is 0 Å². The van der Waals surface area contributed by atoms with E-state index in [1.807, 2.05) is 0 Å². The molecule has 1 heterocycles. The second-order valence-corrected chi connectivity index (χ2v) is 6.17. The van der Waals surface area contributed by atoms with Gasteiger partial charge in [0.1, 0.15) is 24.8 Å². The zero-order valence-corrected chi connectivity index (χ0v) is 15.5. The van der Waals surface area contributed by atoms with Crippen LogP contribution < -0.4 is 15.2 Å². The van der Waals surface area contributed by atoms with E-state index < -0.39 is 5.82 Å². The number of hydrogen-bond acceptors (Lipinski definition) is 3. The van der Waals surface area contributed by atoms with Crippen LogP contribution >= 0.6 is 0 Å². The highest BCUT2D eigenvalue weighted by Crippen LogP contribution is 2.41. The van der Waals surface area contributed by atoms with Gasteiger partial charge in [-0.2, -0.15) is 0 Å².